The Hall–Kier alpha value is -2.36. The van der Waals surface area contributed by atoms with Crippen LogP contribution in [0, 0.1) is 0 Å². The molecule has 2 aliphatic rings. The van der Waals surface area contributed by atoms with Gasteiger partial charge in [-0.15, -0.1) is 0 Å². The summed E-state index contributed by atoms with van der Waals surface area (Å²) in [6.07, 6.45) is 10.2. The van der Waals surface area contributed by atoms with Crippen LogP contribution in [0.1, 0.15) is 48.9 Å². The van der Waals surface area contributed by atoms with E-state index in [-0.39, 0.29) is 5.41 Å². The van der Waals surface area contributed by atoms with Crippen LogP contribution in [0.25, 0.3) is 0 Å². The molecule has 1 saturated carbocycles. The molecule has 1 heterocycles. The van der Waals surface area contributed by atoms with E-state index in [9.17, 15) is 0 Å². The van der Waals surface area contributed by atoms with Crippen LogP contribution in [0.5, 0.6) is 0 Å². The van der Waals surface area contributed by atoms with Crippen LogP contribution in [0.15, 0.2) is 47.6 Å². The molecule has 1 aromatic carbocycles. The Balaban J connectivity index is 1.49. The summed E-state index contributed by atoms with van der Waals surface area (Å²) in [5, 5.41) is 3.35. The van der Waals surface area contributed by atoms with Crippen LogP contribution in [0.4, 0.5) is 5.69 Å². The number of nitrogens with one attached hydrogen (secondary N) is 1. The second kappa shape index (κ2) is 6.87. The molecule has 4 heteroatoms. The standard InChI is InChI=1S/C21H26N4/c22-20(25-18-10-5-8-16-7-1-2-9-17(16)18)24-15-21(12-6-13-21)19-11-3-4-14-23-19/h3-5,8,10-11,14H,1-2,6-7,9,12-13,15H2,(H3,22,24,25). The average Bonchev–Trinajstić information content (AvgIpc) is 2.62. The smallest absolute Gasteiger partial charge is 0.193 e. The SMILES string of the molecule is NC(=NCC1(c2ccccn2)CCC1)Nc1cccc2c1CCCC2. The summed E-state index contributed by atoms with van der Waals surface area (Å²) in [5.74, 6) is 0.515. The number of aromatic nitrogens is 1. The van der Waals surface area contributed by atoms with Crippen molar-refractivity contribution in [3.8, 4) is 0 Å². The van der Waals surface area contributed by atoms with Gasteiger partial charge in [-0.25, -0.2) is 0 Å². The Labute approximate surface area is 149 Å². The second-order valence-electron chi connectivity index (χ2n) is 7.33. The Morgan fingerprint density at radius 2 is 1.96 bits per heavy atom. The number of guanidine groups is 1. The maximum Gasteiger partial charge on any atom is 0.193 e. The van der Waals surface area contributed by atoms with E-state index in [2.05, 4.69) is 45.6 Å². The molecule has 4 rings (SSSR count). The van der Waals surface area contributed by atoms with Crippen LogP contribution < -0.4 is 11.1 Å². The van der Waals surface area contributed by atoms with Gasteiger partial charge in [0.15, 0.2) is 5.96 Å². The van der Waals surface area contributed by atoms with E-state index in [4.69, 9.17) is 5.73 Å². The van der Waals surface area contributed by atoms with Gasteiger partial charge in [-0.1, -0.05) is 24.6 Å². The molecule has 3 N–H and O–H groups in total. The highest BCUT2D eigenvalue weighted by Crippen LogP contribution is 2.43. The van der Waals surface area contributed by atoms with Crippen LogP contribution >= 0.6 is 0 Å². The van der Waals surface area contributed by atoms with Crippen LogP contribution in [-0.2, 0) is 18.3 Å². The van der Waals surface area contributed by atoms with Crippen LogP contribution in [-0.4, -0.2) is 17.5 Å². The summed E-state index contributed by atoms with van der Waals surface area (Å²) in [4.78, 5) is 9.24. The lowest BCUT2D eigenvalue weighted by atomic mass is 9.66. The third-order valence-electron chi connectivity index (χ3n) is 5.73. The highest BCUT2D eigenvalue weighted by atomic mass is 15.1. The van der Waals surface area contributed by atoms with Gasteiger partial charge >= 0.3 is 0 Å². The zero-order valence-electron chi connectivity index (χ0n) is 14.7. The zero-order chi connectivity index (χ0) is 17.1. The monoisotopic (exact) mass is 334 g/mol. The lowest BCUT2D eigenvalue weighted by molar-refractivity contribution is 0.246. The minimum atomic E-state index is 0.0731. The number of aryl methyl sites for hydroxylation is 1. The van der Waals surface area contributed by atoms with Crippen molar-refractivity contribution in [2.45, 2.75) is 50.4 Å². The van der Waals surface area contributed by atoms with Gasteiger partial charge in [-0.3, -0.25) is 9.98 Å². The maximum absolute atomic E-state index is 6.22. The largest absolute Gasteiger partial charge is 0.370 e. The predicted octanol–water partition coefficient (Wildman–Crippen LogP) is 3.81. The lowest BCUT2D eigenvalue weighted by Gasteiger charge is -2.40. The number of rotatable bonds is 4. The number of fused-ring (bicyclic) bond motifs is 1. The number of nitrogens with two attached hydrogens (primary N) is 1. The van der Waals surface area contributed by atoms with Crippen molar-refractivity contribution in [2.24, 2.45) is 10.7 Å². The van der Waals surface area contributed by atoms with Gasteiger partial charge < -0.3 is 11.1 Å². The van der Waals surface area contributed by atoms with E-state index in [0.717, 1.165) is 30.6 Å². The topological polar surface area (TPSA) is 63.3 Å². The summed E-state index contributed by atoms with van der Waals surface area (Å²) in [6.45, 7) is 0.706. The molecule has 130 valence electrons. The first-order valence-electron chi connectivity index (χ1n) is 9.36. The molecule has 0 atom stereocenters. The Morgan fingerprint density at radius 3 is 2.72 bits per heavy atom. The van der Waals surface area contributed by atoms with Crippen molar-refractivity contribution in [2.75, 3.05) is 11.9 Å². The molecule has 0 unspecified atom stereocenters. The molecule has 1 aromatic heterocycles. The average molecular weight is 334 g/mol. The summed E-state index contributed by atoms with van der Waals surface area (Å²) in [7, 11) is 0. The number of benzene rings is 1. The van der Waals surface area contributed by atoms with Crippen molar-refractivity contribution in [3.63, 3.8) is 0 Å². The Morgan fingerprint density at radius 1 is 1.08 bits per heavy atom. The van der Waals surface area contributed by atoms with Crippen LogP contribution in [0.3, 0.4) is 0 Å². The minimum Gasteiger partial charge on any atom is -0.370 e. The summed E-state index contributed by atoms with van der Waals surface area (Å²) in [6, 6.07) is 12.6. The van der Waals surface area contributed by atoms with Gasteiger partial charge in [0.05, 0.1) is 6.54 Å². The van der Waals surface area contributed by atoms with Crippen molar-refractivity contribution in [1.29, 1.82) is 0 Å². The molecule has 0 amide bonds. The molecule has 0 saturated heterocycles. The van der Waals surface area contributed by atoms with Crippen molar-refractivity contribution < 1.29 is 0 Å². The third kappa shape index (κ3) is 3.26. The summed E-state index contributed by atoms with van der Waals surface area (Å²) in [5.41, 5.74) is 11.4. The molecular formula is C21H26N4. The van der Waals surface area contributed by atoms with Crippen molar-refractivity contribution in [3.05, 3.63) is 59.4 Å². The summed E-state index contributed by atoms with van der Waals surface area (Å²) >= 11 is 0. The van der Waals surface area contributed by atoms with Gasteiger partial charge in [0.2, 0.25) is 0 Å². The fourth-order valence-electron chi connectivity index (χ4n) is 4.09. The zero-order valence-corrected chi connectivity index (χ0v) is 14.7. The Kier molecular flexibility index (Phi) is 4.43. The molecule has 2 aromatic rings. The molecule has 1 fully saturated rings. The van der Waals surface area contributed by atoms with Gasteiger partial charge in [-0.05, 0) is 67.9 Å². The normalized spacial score (nSPS) is 19.0. The van der Waals surface area contributed by atoms with E-state index in [1.807, 2.05) is 12.3 Å². The molecule has 25 heavy (non-hydrogen) atoms. The van der Waals surface area contributed by atoms with Gasteiger partial charge in [0.1, 0.15) is 0 Å². The lowest BCUT2D eigenvalue weighted by Crippen LogP contribution is -2.39. The fraction of sp³-hybridized carbons (Fsp3) is 0.429. The van der Waals surface area contributed by atoms with Gasteiger partial charge in [0.25, 0.3) is 0 Å². The molecular weight excluding hydrogens is 308 g/mol. The molecule has 0 radical (unpaired) electrons. The highest BCUT2D eigenvalue weighted by molar-refractivity contribution is 5.93. The number of nitrogens with zero attached hydrogens (tertiary/aromatic N) is 2. The number of hydrogen-bond acceptors (Lipinski definition) is 2. The molecule has 0 spiro atoms. The number of anilines is 1. The number of aliphatic imine (C=N–C) groups is 1. The first-order chi connectivity index (χ1) is 12.3. The van der Waals surface area contributed by atoms with Gasteiger partial charge in [0, 0.05) is 23.0 Å². The number of pyridine rings is 1. The fourth-order valence-corrected chi connectivity index (χ4v) is 4.09. The first-order valence-corrected chi connectivity index (χ1v) is 9.36. The Bertz CT molecular complexity index is 763. The second-order valence-corrected chi connectivity index (χ2v) is 7.33. The number of hydrogen-bond donors (Lipinski definition) is 2. The molecule has 2 aliphatic carbocycles. The van der Waals surface area contributed by atoms with E-state index in [1.54, 1.807) is 0 Å². The maximum atomic E-state index is 6.22. The van der Waals surface area contributed by atoms with E-state index in [1.165, 1.54) is 36.8 Å². The third-order valence-corrected chi connectivity index (χ3v) is 5.73. The van der Waals surface area contributed by atoms with E-state index in [0.29, 0.717) is 12.5 Å². The summed E-state index contributed by atoms with van der Waals surface area (Å²) < 4.78 is 0. The van der Waals surface area contributed by atoms with E-state index < -0.39 is 0 Å². The predicted molar refractivity (Wildman–Crippen MR) is 103 cm³/mol. The van der Waals surface area contributed by atoms with E-state index >= 15 is 0 Å². The highest BCUT2D eigenvalue weighted by Gasteiger charge is 2.39. The van der Waals surface area contributed by atoms with Crippen molar-refractivity contribution >= 4 is 11.6 Å². The van der Waals surface area contributed by atoms with Gasteiger partial charge in [-0.2, -0.15) is 0 Å². The molecule has 0 aliphatic heterocycles. The van der Waals surface area contributed by atoms with Crippen LogP contribution in [0.2, 0.25) is 0 Å². The molecule has 0 bridgehead atoms. The quantitative estimate of drug-likeness (QED) is 0.660. The molecule has 4 nitrogen and oxygen atoms in total. The minimum absolute atomic E-state index is 0.0731. The van der Waals surface area contributed by atoms with Crippen molar-refractivity contribution in [1.82, 2.24) is 4.98 Å². The first kappa shape index (κ1) is 16.1.